The number of H-pyrrole nitrogens is 1. The zero-order chi connectivity index (χ0) is 19.4. The van der Waals surface area contributed by atoms with E-state index >= 15 is 0 Å². The molecule has 0 bridgehead atoms. The Bertz CT molecular complexity index is 988. The molecule has 140 valence electrons. The van der Waals surface area contributed by atoms with E-state index in [4.69, 9.17) is 0 Å². The van der Waals surface area contributed by atoms with Crippen molar-refractivity contribution in [3.63, 3.8) is 0 Å². The van der Waals surface area contributed by atoms with Crippen molar-refractivity contribution >= 4 is 5.91 Å². The number of carbonyl (C=O) groups excluding carboxylic acids is 1. The molecule has 0 aliphatic heterocycles. The van der Waals surface area contributed by atoms with Crippen LogP contribution in [0.1, 0.15) is 35.3 Å². The van der Waals surface area contributed by atoms with E-state index in [1.807, 2.05) is 51.2 Å². The van der Waals surface area contributed by atoms with E-state index in [0.29, 0.717) is 18.9 Å². The van der Waals surface area contributed by atoms with Crippen LogP contribution < -0.4 is 5.56 Å². The maximum absolute atomic E-state index is 12.8. The quantitative estimate of drug-likeness (QED) is 0.728. The highest BCUT2D eigenvalue weighted by Gasteiger charge is 2.19. The van der Waals surface area contributed by atoms with E-state index in [9.17, 15) is 9.59 Å². The number of hydrogen-bond acceptors (Lipinski definition) is 4. The van der Waals surface area contributed by atoms with Gasteiger partial charge in [-0.1, -0.05) is 29.8 Å². The number of rotatable bonds is 6. The summed E-state index contributed by atoms with van der Waals surface area (Å²) < 4.78 is 1.80. The molecular weight excluding hydrogens is 342 g/mol. The first kappa shape index (κ1) is 18.6. The molecule has 0 aliphatic rings. The van der Waals surface area contributed by atoms with Gasteiger partial charge in [0.1, 0.15) is 11.4 Å². The lowest BCUT2D eigenvalue weighted by molar-refractivity contribution is 0.0750. The standard InChI is InChI=1S/C20H23N5O2/c1-4-24(12-15-10-22-25(5-2)13-15)20(27)17-11-21-18(23-19(17)26)16-8-6-14(3)7-9-16/h6-11,13H,4-5,12H2,1-3H3,(H,21,23,26). The van der Waals surface area contributed by atoms with Crippen LogP contribution in [0.2, 0.25) is 0 Å². The number of amides is 1. The average molecular weight is 365 g/mol. The maximum atomic E-state index is 12.8. The predicted molar refractivity (Wildman–Crippen MR) is 103 cm³/mol. The van der Waals surface area contributed by atoms with E-state index in [0.717, 1.165) is 23.2 Å². The lowest BCUT2D eigenvalue weighted by Gasteiger charge is -2.19. The lowest BCUT2D eigenvalue weighted by atomic mass is 10.1. The molecule has 7 nitrogen and oxygen atoms in total. The van der Waals surface area contributed by atoms with Crippen molar-refractivity contribution in [2.45, 2.75) is 33.9 Å². The topological polar surface area (TPSA) is 83.9 Å². The summed E-state index contributed by atoms with van der Waals surface area (Å²) in [5, 5.41) is 4.22. The summed E-state index contributed by atoms with van der Waals surface area (Å²) in [6, 6.07) is 7.67. The second kappa shape index (κ2) is 7.99. The smallest absolute Gasteiger partial charge is 0.264 e. The minimum absolute atomic E-state index is 0.0376. The fraction of sp³-hybridized carbons (Fsp3) is 0.300. The van der Waals surface area contributed by atoms with Crippen LogP contribution in [0.5, 0.6) is 0 Å². The molecule has 0 atom stereocenters. The van der Waals surface area contributed by atoms with Crippen molar-refractivity contribution in [3.05, 3.63) is 69.9 Å². The van der Waals surface area contributed by atoms with E-state index in [1.165, 1.54) is 6.20 Å². The molecule has 1 N–H and O–H groups in total. The molecular formula is C20H23N5O2. The minimum atomic E-state index is -0.437. The van der Waals surface area contributed by atoms with Crippen LogP contribution in [-0.2, 0) is 13.1 Å². The highest BCUT2D eigenvalue weighted by atomic mass is 16.2. The number of aromatic amines is 1. The van der Waals surface area contributed by atoms with Crippen molar-refractivity contribution < 1.29 is 4.79 Å². The first-order chi connectivity index (χ1) is 13.0. The first-order valence-electron chi connectivity index (χ1n) is 8.98. The van der Waals surface area contributed by atoms with E-state index in [2.05, 4.69) is 15.1 Å². The highest BCUT2D eigenvalue weighted by Crippen LogP contribution is 2.14. The summed E-state index contributed by atoms with van der Waals surface area (Å²) in [4.78, 5) is 33.9. The molecule has 3 aromatic rings. The van der Waals surface area contributed by atoms with Gasteiger partial charge >= 0.3 is 0 Å². The summed E-state index contributed by atoms with van der Waals surface area (Å²) in [5.41, 5.74) is 2.45. The van der Waals surface area contributed by atoms with Crippen LogP contribution in [0.3, 0.4) is 0 Å². The van der Waals surface area contributed by atoms with Gasteiger partial charge < -0.3 is 9.88 Å². The van der Waals surface area contributed by atoms with Gasteiger partial charge in [-0.2, -0.15) is 5.10 Å². The molecule has 0 spiro atoms. The van der Waals surface area contributed by atoms with E-state index < -0.39 is 5.56 Å². The maximum Gasteiger partial charge on any atom is 0.264 e. The van der Waals surface area contributed by atoms with Crippen LogP contribution >= 0.6 is 0 Å². The normalized spacial score (nSPS) is 10.8. The Kier molecular flexibility index (Phi) is 5.49. The van der Waals surface area contributed by atoms with Crippen molar-refractivity contribution in [2.75, 3.05) is 6.54 Å². The van der Waals surface area contributed by atoms with Gasteiger partial charge in [0.05, 0.1) is 6.20 Å². The van der Waals surface area contributed by atoms with Gasteiger partial charge in [0.15, 0.2) is 0 Å². The average Bonchev–Trinajstić information content (AvgIpc) is 3.14. The summed E-state index contributed by atoms with van der Waals surface area (Å²) >= 11 is 0. The Hall–Kier alpha value is -3.22. The van der Waals surface area contributed by atoms with Gasteiger partial charge in [0, 0.05) is 43.2 Å². The molecule has 1 amide bonds. The third-order valence-electron chi connectivity index (χ3n) is 4.41. The third kappa shape index (κ3) is 4.13. The van der Waals surface area contributed by atoms with Crippen LogP contribution in [0, 0.1) is 6.92 Å². The Morgan fingerprint density at radius 1 is 1.19 bits per heavy atom. The molecule has 0 radical (unpaired) electrons. The summed E-state index contributed by atoms with van der Waals surface area (Å²) in [5.74, 6) is 0.106. The van der Waals surface area contributed by atoms with Gasteiger partial charge in [0.2, 0.25) is 0 Å². The molecule has 0 aliphatic carbocycles. The van der Waals surface area contributed by atoms with E-state index in [-0.39, 0.29) is 11.5 Å². The molecule has 2 aromatic heterocycles. The number of carbonyl (C=O) groups is 1. The van der Waals surface area contributed by atoms with Gasteiger partial charge in [-0.3, -0.25) is 14.3 Å². The van der Waals surface area contributed by atoms with Crippen molar-refractivity contribution in [2.24, 2.45) is 0 Å². The molecule has 0 fully saturated rings. The monoisotopic (exact) mass is 365 g/mol. The third-order valence-corrected chi connectivity index (χ3v) is 4.41. The Labute approximate surface area is 157 Å². The number of aryl methyl sites for hydroxylation is 2. The first-order valence-corrected chi connectivity index (χ1v) is 8.98. The fourth-order valence-corrected chi connectivity index (χ4v) is 2.78. The Morgan fingerprint density at radius 2 is 1.93 bits per heavy atom. The van der Waals surface area contributed by atoms with Gasteiger partial charge in [-0.05, 0) is 20.8 Å². The number of nitrogens with one attached hydrogen (secondary N) is 1. The van der Waals surface area contributed by atoms with Crippen molar-refractivity contribution in [1.82, 2.24) is 24.6 Å². The SMILES string of the molecule is CCN(Cc1cnn(CC)c1)C(=O)c1cnc(-c2ccc(C)cc2)[nH]c1=O. The molecule has 0 unspecified atom stereocenters. The second-order valence-corrected chi connectivity index (χ2v) is 6.36. The van der Waals surface area contributed by atoms with Crippen LogP contribution in [-0.4, -0.2) is 37.1 Å². The Balaban J connectivity index is 1.82. The number of aromatic nitrogens is 4. The summed E-state index contributed by atoms with van der Waals surface area (Å²) in [6.45, 7) is 7.52. The zero-order valence-electron chi connectivity index (χ0n) is 15.8. The number of hydrogen-bond donors (Lipinski definition) is 1. The molecule has 0 saturated carbocycles. The molecule has 7 heteroatoms. The highest BCUT2D eigenvalue weighted by molar-refractivity contribution is 5.93. The van der Waals surface area contributed by atoms with Gasteiger partial charge in [0.25, 0.3) is 11.5 Å². The number of nitrogens with zero attached hydrogens (tertiary/aromatic N) is 4. The molecule has 2 heterocycles. The minimum Gasteiger partial charge on any atom is -0.334 e. The summed E-state index contributed by atoms with van der Waals surface area (Å²) in [6.07, 6.45) is 5.00. The van der Waals surface area contributed by atoms with E-state index in [1.54, 1.807) is 15.8 Å². The summed E-state index contributed by atoms with van der Waals surface area (Å²) in [7, 11) is 0. The largest absolute Gasteiger partial charge is 0.334 e. The second-order valence-electron chi connectivity index (χ2n) is 6.36. The molecule has 3 rings (SSSR count). The number of benzene rings is 1. The van der Waals surface area contributed by atoms with Crippen molar-refractivity contribution in [1.29, 1.82) is 0 Å². The molecule has 0 saturated heterocycles. The Morgan fingerprint density at radius 3 is 2.52 bits per heavy atom. The fourth-order valence-electron chi connectivity index (χ4n) is 2.78. The zero-order valence-corrected chi connectivity index (χ0v) is 15.8. The van der Waals surface area contributed by atoms with Crippen LogP contribution in [0.15, 0.2) is 47.7 Å². The lowest BCUT2D eigenvalue weighted by Crippen LogP contribution is -2.34. The van der Waals surface area contributed by atoms with Gasteiger partial charge in [-0.25, -0.2) is 4.98 Å². The van der Waals surface area contributed by atoms with Crippen LogP contribution in [0.4, 0.5) is 0 Å². The molecule has 1 aromatic carbocycles. The van der Waals surface area contributed by atoms with Crippen molar-refractivity contribution in [3.8, 4) is 11.4 Å². The van der Waals surface area contributed by atoms with Gasteiger partial charge in [-0.15, -0.1) is 0 Å². The predicted octanol–water partition coefficient (Wildman–Crippen LogP) is 2.62. The van der Waals surface area contributed by atoms with Crippen LogP contribution in [0.25, 0.3) is 11.4 Å². The molecule has 27 heavy (non-hydrogen) atoms.